The summed E-state index contributed by atoms with van der Waals surface area (Å²) in [7, 11) is 0. The molecule has 0 aromatic heterocycles. The number of aliphatic hydroxyl groups is 9. The van der Waals surface area contributed by atoms with E-state index in [2.05, 4.69) is 15.0 Å². The molecule has 0 aromatic carbocycles. The minimum atomic E-state index is -1.90. The summed E-state index contributed by atoms with van der Waals surface area (Å²) >= 11 is 0. The maximum atomic E-state index is 11.8. The van der Waals surface area contributed by atoms with Gasteiger partial charge in [0.2, 0.25) is 5.91 Å². The minimum Gasteiger partial charge on any atom is -0.394 e. The standard InChI is InChI=1S/C23H42N2O16.C11H10N2O8/c1-8(29)25-12-15(32)19(11(7-28)39-21(12)36-4-2-3-24)40-23-18(35)20(14(31)10(6-27)38-23)41-22-17(34)16(33)13(30)9(5-26)37-22;14-6-1-2-7(15)12(6)20-10(18)5-11(19)21-13-8(16)3-4-9(13)17/h9-23,26-28,30-35H,2-7,24H2,1H3,(H,25,29);1-5H2/t9?,10?,11?,12?,13-,14-,15+,16-,17?,18?,19+,20-,21+,22-,23-;/m0./s1. The normalized spacial score (nSPS) is 36.3. The molecule has 5 amide bonds. The molecule has 0 aliphatic carbocycles. The molecule has 62 heavy (non-hydrogen) atoms. The Kier molecular flexibility index (Phi) is 18.9. The average Bonchev–Trinajstić information content (AvgIpc) is 3.72. The van der Waals surface area contributed by atoms with Gasteiger partial charge in [-0.25, -0.2) is 9.59 Å². The number of rotatable bonds is 16. The summed E-state index contributed by atoms with van der Waals surface area (Å²) in [6, 6.07) is -1.20. The summed E-state index contributed by atoms with van der Waals surface area (Å²) in [6.45, 7) is -0.656. The van der Waals surface area contributed by atoms with E-state index < -0.39 is 160 Å². The van der Waals surface area contributed by atoms with Gasteiger partial charge in [-0.3, -0.25) is 24.0 Å². The summed E-state index contributed by atoms with van der Waals surface area (Å²) in [5.41, 5.74) is 5.48. The predicted octanol–water partition coefficient (Wildman–Crippen LogP) is -8.47. The van der Waals surface area contributed by atoms with Crippen LogP contribution in [0.1, 0.15) is 45.4 Å². The summed E-state index contributed by atoms with van der Waals surface area (Å²) in [4.78, 5) is 88.2. The van der Waals surface area contributed by atoms with Gasteiger partial charge in [0.15, 0.2) is 18.9 Å². The first kappa shape index (κ1) is 50.7. The highest BCUT2D eigenvalue weighted by atomic mass is 16.8. The monoisotopic (exact) mass is 900 g/mol. The number of nitrogens with zero attached hydrogens (tertiary/aromatic N) is 2. The van der Waals surface area contributed by atoms with Crippen LogP contribution in [0.4, 0.5) is 0 Å². The third-order valence-electron chi connectivity index (χ3n) is 9.79. The number of ether oxygens (including phenoxy) is 6. The largest absolute Gasteiger partial charge is 0.394 e. The molecule has 0 bridgehead atoms. The predicted molar refractivity (Wildman–Crippen MR) is 189 cm³/mol. The molecule has 6 unspecified atom stereocenters. The van der Waals surface area contributed by atoms with E-state index in [4.69, 9.17) is 34.2 Å². The van der Waals surface area contributed by atoms with E-state index in [1.807, 2.05) is 0 Å². The van der Waals surface area contributed by atoms with Crippen LogP contribution in [0.3, 0.4) is 0 Å². The molecule has 5 saturated heterocycles. The Morgan fingerprint density at radius 2 is 1.08 bits per heavy atom. The Balaban J connectivity index is 0.000000336. The zero-order chi connectivity index (χ0) is 46.0. The van der Waals surface area contributed by atoms with Crippen molar-refractivity contribution in [1.82, 2.24) is 15.4 Å². The second-order valence-electron chi connectivity index (χ2n) is 14.3. The fraction of sp³-hybridized carbons (Fsp3) is 0.794. The highest BCUT2D eigenvalue weighted by Gasteiger charge is 2.54. The van der Waals surface area contributed by atoms with E-state index in [0.717, 1.165) is 0 Å². The molecular weight excluding hydrogens is 848 g/mol. The van der Waals surface area contributed by atoms with Crippen LogP contribution in [-0.4, -0.2) is 223 Å². The first-order valence-electron chi connectivity index (χ1n) is 19.3. The van der Waals surface area contributed by atoms with Crippen molar-refractivity contribution < 1.29 is 118 Å². The third-order valence-corrected chi connectivity index (χ3v) is 9.79. The van der Waals surface area contributed by atoms with Crippen molar-refractivity contribution in [2.75, 3.05) is 33.0 Å². The van der Waals surface area contributed by atoms with E-state index >= 15 is 0 Å². The number of amides is 5. The van der Waals surface area contributed by atoms with Crippen LogP contribution < -0.4 is 11.1 Å². The molecule has 15 atom stereocenters. The van der Waals surface area contributed by atoms with E-state index in [-0.39, 0.29) is 42.4 Å². The van der Waals surface area contributed by atoms with Gasteiger partial charge in [-0.05, 0) is 13.0 Å². The summed E-state index contributed by atoms with van der Waals surface area (Å²) in [5, 5.41) is 95.5. The van der Waals surface area contributed by atoms with Crippen LogP contribution in [0.25, 0.3) is 0 Å². The van der Waals surface area contributed by atoms with E-state index in [1.165, 1.54) is 6.92 Å². The van der Waals surface area contributed by atoms with Crippen molar-refractivity contribution in [2.45, 2.75) is 138 Å². The van der Waals surface area contributed by atoms with Crippen molar-refractivity contribution in [1.29, 1.82) is 0 Å². The maximum absolute atomic E-state index is 11.8. The van der Waals surface area contributed by atoms with Gasteiger partial charge in [0.25, 0.3) is 23.6 Å². The Morgan fingerprint density at radius 1 is 0.629 bits per heavy atom. The number of hydrogen-bond acceptors (Lipinski definition) is 25. The number of nitrogens with one attached hydrogen (secondary N) is 1. The van der Waals surface area contributed by atoms with Gasteiger partial charge in [0.05, 0.1) is 26.4 Å². The third kappa shape index (κ3) is 12.4. The van der Waals surface area contributed by atoms with Crippen LogP contribution in [0.15, 0.2) is 0 Å². The zero-order valence-corrected chi connectivity index (χ0v) is 33.1. The smallest absolute Gasteiger partial charge is 0.344 e. The minimum absolute atomic E-state index is 0.0761. The van der Waals surface area contributed by atoms with Gasteiger partial charge in [-0.2, -0.15) is 0 Å². The Morgan fingerprint density at radius 3 is 1.55 bits per heavy atom. The summed E-state index contributed by atoms with van der Waals surface area (Å²) in [6.07, 6.45) is -23.4. The molecule has 5 aliphatic heterocycles. The van der Waals surface area contributed by atoms with Gasteiger partial charge >= 0.3 is 11.9 Å². The van der Waals surface area contributed by atoms with Gasteiger partial charge < -0.3 is 95.1 Å². The van der Waals surface area contributed by atoms with Gasteiger partial charge in [0, 0.05) is 32.6 Å². The Bertz CT molecular complexity index is 1510. The Hall–Kier alpha value is -3.95. The second-order valence-corrected chi connectivity index (χ2v) is 14.3. The summed E-state index contributed by atoms with van der Waals surface area (Å²) < 4.78 is 33.4. The fourth-order valence-corrected chi connectivity index (χ4v) is 6.57. The van der Waals surface area contributed by atoms with Crippen LogP contribution in [-0.2, 0) is 71.7 Å². The first-order valence-corrected chi connectivity index (χ1v) is 19.3. The molecule has 0 aromatic rings. The molecule has 0 spiro atoms. The van der Waals surface area contributed by atoms with Gasteiger partial charge in [-0.1, -0.05) is 0 Å². The zero-order valence-electron chi connectivity index (χ0n) is 33.1. The highest BCUT2D eigenvalue weighted by molar-refractivity contribution is 6.03. The molecule has 28 heteroatoms. The van der Waals surface area contributed by atoms with Crippen molar-refractivity contribution in [2.24, 2.45) is 5.73 Å². The highest BCUT2D eigenvalue weighted by Crippen LogP contribution is 2.33. The second kappa shape index (κ2) is 23.1. The number of carbonyl (C=O) groups excluding carboxylic acids is 7. The molecular formula is C34H52N4O24. The number of imide groups is 2. The van der Waals surface area contributed by atoms with Crippen LogP contribution in [0.2, 0.25) is 0 Å². The number of carbonyl (C=O) groups is 7. The van der Waals surface area contributed by atoms with Crippen molar-refractivity contribution >= 4 is 41.5 Å². The maximum Gasteiger partial charge on any atom is 0.344 e. The van der Waals surface area contributed by atoms with Crippen LogP contribution in [0, 0.1) is 0 Å². The lowest BCUT2D eigenvalue weighted by molar-refractivity contribution is -0.376. The fourth-order valence-electron chi connectivity index (χ4n) is 6.57. The molecule has 12 N–H and O–H groups in total. The number of hydroxylamine groups is 4. The van der Waals surface area contributed by atoms with Crippen molar-refractivity contribution in [3.8, 4) is 0 Å². The van der Waals surface area contributed by atoms with Crippen molar-refractivity contribution in [3.63, 3.8) is 0 Å². The van der Waals surface area contributed by atoms with Crippen molar-refractivity contribution in [3.05, 3.63) is 0 Å². The number of aliphatic hydroxyl groups excluding tert-OH is 9. The quantitative estimate of drug-likeness (QED) is 0.0389. The first-order chi connectivity index (χ1) is 29.4. The van der Waals surface area contributed by atoms with Gasteiger partial charge in [-0.15, -0.1) is 10.1 Å². The van der Waals surface area contributed by atoms with E-state index in [9.17, 15) is 79.5 Å². The Labute approximate surface area is 350 Å². The lowest BCUT2D eigenvalue weighted by Crippen LogP contribution is -2.68. The van der Waals surface area contributed by atoms with E-state index in [1.54, 1.807) is 0 Å². The average molecular weight is 901 g/mol. The van der Waals surface area contributed by atoms with E-state index in [0.29, 0.717) is 13.0 Å². The van der Waals surface area contributed by atoms with Crippen LogP contribution in [0.5, 0.6) is 0 Å². The molecule has 5 fully saturated rings. The lowest BCUT2D eigenvalue weighted by Gasteiger charge is -2.48. The molecule has 5 aliphatic rings. The number of nitrogens with two attached hydrogens (primary N) is 1. The molecule has 5 heterocycles. The molecule has 352 valence electrons. The lowest BCUT2D eigenvalue weighted by atomic mass is 9.95. The van der Waals surface area contributed by atoms with Crippen LogP contribution >= 0.6 is 0 Å². The molecule has 5 rings (SSSR count). The van der Waals surface area contributed by atoms with Gasteiger partial charge in [0.1, 0.15) is 79.6 Å². The SMILES string of the molecule is CC(=O)NC1[C@H](OCCCN)OC(CO)[C@@H](O[C@@H]2OC(CO)[C@H](O)[C@H](O[C@@H]3OC(CO)[C@H](O)[C@H](O)C3O)C2O)[C@@H]1O.O=C(CC(=O)ON1C(=O)CCC1=O)ON1C(=O)CCC1=O. The molecule has 0 saturated carbocycles. The molecule has 0 radical (unpaired) electrons. The summed E-state index contributed by atoms with van der Waals surface area (Å²) in [5.74, 6) is -5.71. The topological polar surface area (TPSA) is 420 Å². The number of hydrogen-bond donors (Lipinski definition) is 11. The molecule has 28 nitrogen and oxygen atoms in total.